The molecule has 0 bridgehead atoms. The fraction of sp³-hybridized carbons (Fsp3) is 0.222. The zero-order chi connectivity index (χ0) is 18.1. The van der Waals surface area contributed by atoms with Crippen molar-refractivity contribution in [3.05, 3.63) is 53.0 Å². The number of benzene rings is 1. The third-order valence-corrected chi connectivity index (χ3v) is 3.82. The van der Waals surface area contributed by atoms with Crippen LogP contribution in [0.2, 0.25) is 0 Å². The van der Waals surface area contributed by atoms with Gasteiger partial charge < -0.3 is 10.6 Å². The van der Waals surface area contributed by atoms with Crippen molar-refractivity contribution in [3.8, 4) is 0 Å². The zero-order valence-corrected chi connectivity index (χ0v) is 14.5. The van der Waals surface area contributed by atoms with Crippen molar-refractivity contribution in [3.63, 3.8) is 0 Å². The Labute approximate surface area is 145 Å². The summed E-state index contributed by atoms with van der Waals surface area (Å²) in [7, 11) is 0. The van der Waals surface area contributed by atoms with Crippen molar-refractivity contribution in [2.45, 2.75) is 27.7 Å². The molecule has 3 aromatic rings. The van der Waals surface area contributed by atoms with Crippen molar-refractivity contribution in [1.29, 1.82) is 0 Å². The summed E-state index contributed by atoms with van der Waals surface area (Å²) in [6.45, 7) is 7.12. The summed E-state index contributed by atoms with van der Waals surface area (Å²) in [6, 6.07) is 7.21. The second-order valence-electron chi connectivity index (χ2n) is 6.00. The molecule has 128 valence electrons. The van der Waals surface area contributed by atoms with E-state index in [9.17, 15) is 9.59 Å². The van der Waals surface area contributed by atoms with Crippen molar-refractivity contribution < 1.29 is 9.59 Å². The Balaban J connectivity index is 1.88. The number of carbonyl (C=O) groups excluding carboxylic acids is 2. The highest BCUT2D eigenvalue weighted by Gasteiger charge is 2.16. The van der Waals surface area contributed by atoms with Crippen LogP contribution in [0.4, 0.5) is 11.4 Å². The van der Waals surface area contributed by atoms with Crippen LogP contribution in [-0.4, -0.2) is 26.4 Å². The lowest BCUT2D eigenvalue weighted by Crippen LogP contribution is -2.13. The minimum absolute atomic E-state index is 0.136. The molecule has 7 heteroatoms. The van der Waals surface area contributed by atoms with Crippen LogP contribution in [-0.2, 0) is 4.79 Å². The fourth-order valence-corrected chi connectivity index (χ4v) is 2.70. The smallest absolute Gasteiger partial charge is 0.261 e. The van der Waals surface area contributed by atoms with Crippen LogP contribution < -0.4 is 10.6 Å². The quantitative estimate of drug-likeness (QED) is 0.769. The molecular formula is C18H19N5O2. The van der Waals surface area contributed by atoms with Gasteiger partial charge in [0.15, 0.2) is 5.65 Å². The molecule has 0 spiro atoms. The molecule has 25 heavy (non-hydrogen) atoms. The number of hydrogen-bond acceptors (Lipinski definition) is 4. The van der Waals surface area contributed by atoms with Crippen LogP contribution in [0.1, 0.15) is 34.2 Å². The van der Waals surface area contributed by atoms with E-state index in [-0.39, 0.29) is 11.8 Å². The standard InChI is InChI=1S/C18H19N5O2/c1-10-7-14(5-6-16(10)21-13(4)24)22-18(25)15-9-19-23-12(3)8-11(2)20-17(15)23/h5-9H,1-4H3,(H,21,24)(H,22,25). The van der Waals surface area contributed by atoms with Crippen LogP contribution in [0.15, 0.2) is 30.5 Å². The first kappa shape index (κ1) is 16.6. The van der Waals surface area contributed by atoms with Crippen molar-refractivity contribution in [1.82, 2.24) is 14.6 Å². The van der Waals surface area contributed by atoms with Gasteiger partial charge >= 0.3 is 0 Å². The van der Waals surface area contributed by atoms with E-state index in [0.717, 1.165) is 22.6 Å². The maximum absolute atomic E-state index is 12.6. The van der Waals surface area contributed by atoms with Gasteiger partial charge in [-0.2, -0.15) is 5.10 Å². The summed E-state index contributed by atoms with van der Waals surface area (Å²) in [5.41, 5.74) is 4.90. The lowest BCUT2D eigenvalue weighted by atomic mass is 10.1. The maximum atomic E-state index is 12.6. The molecule has 0 fully saturated rings. The van der Waals surface area contributed by atoms with Crippen LogP contribution in [0.25, 0.3) is 5.65 Å². The molecule has 0 aliphatic heterocycles. The lowest BCUT2D eigenvalue weighted by molar-refractivity contribution is -0.114. The van der Waals surface area contributed by atoms with Crippen molar-refractivity contribution in [2.75, 3.05) is 10.6 Å². The predicted molar refractivity (Wildman–Crippen MR) is 95.9 cm³/mol. The molecule has 0 aliphatic rings. The van der Waals surface area contributed by atoms with Gasteiger partial charge in [-0.15, -0.1) is 0 Å². The second kappa shape index (κ2) is 6.35. The average Bonchev–Trinajstić information content (AvgIpc) is 2.93. The molecule has 7 nitrogen and oxygen atoms in total. The SMILES string of the molecule is CC(=O)Nc1ccc(NC(=O)c2cnn3c(C)cc(C)nc23)cc1C. The summed E-state index contributed by atoms with van der Waals surface area (Å²) in [4.78, 5) is 28.2. The number of nitrogens with zero attached hydrogens (tertiary/aromatic N) is 3. The van der Waals surface area contributed by atoms with Crippen LogP contribution in [0.3, 0.4) is 0 Å². The van der Waals surface area contributed by atoms with Crippen molar-refractivity contribution in [2.24, 2.45) is 0 Å². The number of fused-ring (bicyclic) bond motifs is 1. The number of aryl methyl sites for hydroxylation is 3. The first-order valence-corrected chi connectivity index (χ1v) is 7.86. The second-order valence-corrected chi connectivity index (χ2v) is 6.00. The molecule has 0 aliphatic carbocycles. The van der Waals surface area contributed by atoms with Gasteiger partial charge in [0.05, 0.1) is 6.20 Å². The van der Waals surface area contributed by atoms with E-state index in [1.54, 1.807) is 22.7 Å². The molecule has 2 aromatic heterocycles. The molecule has 0 atom stereocenters. The van der Waals surface area contributed by atoms with Gasteiger partial charge in [-0.25, -0.2) is 9.50 Å². The Hall–Kier alpha value is -3.22. The summed E-state index contributed by atoms with van der Waals surface area (Å²) < 4.78 is 1.65. The molecule has 0 saturated carbocycles. The highest BCUT2D eigenvalue weighted by Crippen LogP contribution is 2.21. The number of amides is 2. The summed E-state index contributed by atoms with van der Waals surface area (Å²) >= 11 is 0. The van der Waals surface area contributed by atoms with Crippen molar-refractivity contribution >= 4 is 28.8 Å². The molecule has 0 saturated heterocycles. The van der Waals surface area contributed by atoms with Crippen LogP contribution >= 0.6 is 0 Å². The summed E-state index contributed by atoms with van der Waals surface area (Å²) in [6.07, 6.45) is 1.52. The largest absolute Gasteiger partial charge is 0.326 e. The van der Waals surface area contributed by atoms with Gasteiger partial charge in [-0.3, -0.25) is 9.59 Å². The highest BCUT2D eigenvalue weighted by molar-refractivity contribution is 6.08. The molecule has 2 amide bonds. The number of rotatable bonds is 3. The molecule has 2 N–H and O–H groups in total. The van der Waals surface area contributed by atoms with Gasteiger partial charge in [-0.05, 0) is 50.6 Å². The highest BCUT2D eigenvalue weighted by atomic mass is 16.2. The van der Waals surface area contributed by atoms with Crippen LogP contribution in [0, 0.1) is 20.8 Å². The normalized spacial score (nSPS) is 10.7. The van der Waals surface area contributed by atoms with Gasteiger partial charge in [0.25, 0.3) is 5.91 Å². The topological polar surface area (TPSA) is 88.4 Å². The molecule has 0 unspecified atom stereocenters. The first-order valence-electron chi connectivity index (χ1n) is 7.86. The van der Waals surface area contributed by atoms with Crippen LogP contribution in [0.5, 0.6) is 0 Å². The van der Waals surface area contributed by atoms with E-state index < -0.39 is 0 Å². The molecule has 0 radical (unpaired) electrons. The Kier molecular flexibility index (Phi) is 4.22. The lowest BCUT2D eigenvalue weighted by Gasteiger charge is -2.10. The third kappa shape index (κ3) is 3.35. The predicted octanol–water partition coefficient (Wildman–Crippen LogP) is 2.87. The van der Waals surface area contributed by atoms with E-state index >= 15 is 0 Å². The van der Waals surface area contributed by atoms with E-state index in [0.29, 0.717) is 16.9 Å². The Morgan fingerprint density at radius 3 is 2.52 bits per heavy atom. The van der Waals surface area contributed by atoms with Gasteiger partial charge in [0.1, 0.15) is 5.56 Å². The van der Waals surface area contributed by atoms with Gasteiger partial charge in [-0.1, -0.05) is 0 Å². The molecule has 3 rings (SSSR count). The summed E-state index contributed by atoms with van der Waals surface area (Å²) in [5, 5.41) is 9.83. The molecule has 2 heterocycles. The molecular weight excluding hydrogens is 318 g/mol. The molecule has 1 aromatic carbocycles. The minimum atomic E-state index is -0.279. The zero-order valence-electron chi connectivity index (χ0n) is 14.5. The first-order chi connectivity index (χ1) is 11.8. The van der Waals surface area contributed by atoms with E-state index in [2.05, 4.69) is 20.7 Å². The number of nitrogens with one attached hydrogen (secondary N) is 2. The third-order valence-electron chi connectivity index (χ3n) is 3.82. The van der Waals surface area contributed by atoms with Gasteiger partial charge in [0.2, 0.25) is 5.91 Å². The minimum Gasteiger partial charge on any atom is -0.326 e. The van der Waals surface area contributed by atoms with E-state index in [1.165, 1.54) is 13.1 Å². The Bertz CT molecular complexity index is 991. The summed E-state index contributed by atoms with van der Waals surface area (Å²) in [5.74, 6) is -0.415. The number of anilines is 2. The number of hydrogen-bond donors (Lipinski definition) is 2. The van der Waals surface area contributed by atoms with E-state index in [1.807, 2.05) is 26.8 Å². The number of aromatic nitrogens is 3. The Morgan fingerprint density at radius 1 is 1.08 bits per heavy atom. The maximum Gasteiger partial charge on any atom is 0.261 e. The average molecular weight is 337 g/mol. The van der Waals surface area contributed by atoms with E-state index in [4.69, 9.17) is 0 Å². The number of carbonyl (C=O) groups is 2. The Morgan fingerprint density at radius 2 is 1.84 bits per heavy atom. The van der Waals surface area contributed by atoms with Gasteiger partial charge in [0, 0.05) is 29.7 Å². The monoisotopic (exact) mass is 337 g/mol. The fourth-order valence-electron chi connectivity index (χ4n) is 2.70.